The Kier molecular flexibility index (Phi) is 6.18. The number of nitrogens with zero attached hydrogens (tertiary/aromatic N) is 3. The van der Waals surface area contributed by atoms with E-state index in [1.807, 2.05) is 24.5 Å². The van der Waals surface area contributed by atoms with Crippen molar-refractivity contribution in [3.8, 4) is 5.75 Å². The molecule has 0 fully saturated rings. The van der Waals surface area contributed by atoms with Crippen molar-refractivity contribution < 1.29 is 4.74 Å². The van der Waals surface area contributed by atoms with Crippen molar-refractivity contribution in [3.05, 3.63) is 65.6 Å². The van der Waals surface area contributed by atoms with Crippen LogP contribution in [0.5, 0.6) is 5.75 Å². The van der Waals surface area contributed by atoms with Gasteiger partial charge >= 0.3 is 0 Å². The Balaban J connectivity index is 0.000000613. The first-order valence-corrected chi connectivity index (χ1v) is 9.40. The van der Waals surface area contributed by atoms with E-state index in [2.05, 4.69) is 53.8 Å². The average Bonchev–Trinajstić information content (AvgIpc) is 2.68. The maximum Gasteiger partial charge on any atom is 0.152 e. The number of fused-ring (bicyclic) bond motifs is 3. The lowest BCUT2D eigenvalue weighted by molar-refractivity contribution is 0.0900. The topological polar surface area (TPSA) is 38.2 Å². The van der Waals surface area contributed by atoms with Crippen molar-refractivity contribution in [1.82, 2.24) is 14.9 Å². The first-order valence-electron chi connectivity index (χ1n) is 9.40. The summed E-state index contributed by atoms with van der Waals surface area (Å²) in [7, 11) is 0. The summed E-state index contributed by atoms with van der Waals surface area (Å²) in [5.41, 5.74) is 4.75. The van der Waals surface area contributed by atoms with Crippen LogP contribution in [0.2, 0.25) is 0 Å². The van der Waals surface area contributed by atoms with E-state index in [0.29, 0.717) is 6.73 Å². The average molecular weight is 349 g/mol. The summed E-state index contributed by atoms with van der Waals surface area (Å²) in [6.07, 6.45) is 7.80. The summed E-state index contributed by atoms with van der Waals surface area (Å²) in [6, 6.07) is 10.5. The second-order valence-electron chi connectivity index (χ2n) is 6.61. The van der Waals surface area contributed by atoms with Crippen molar-refractivity contribution in [3.63, 3.8) is 0 Å². The molecule has 0 N–H and O–H groups in total. The van der Waals surface area contributed by atoms with Crippen molar-refractivity contribution in [2.45, 2.75) is 46.7 Å². The molecule has 0 saturated carbocycles. The number of pyridine rings is 2. The Hall–Kier alpha value is -2.46. The molecule has 1 aliphatic rings. The lowest BCUT2D eigenvalue weighted by atomic mass is 10.00. The van der Waals surface area contributed by atoms with Crippen LogP contribution in [0.3, 0.4) is 0 Å². The highest BCUT2D eigenvalue weighted by molar-refractivity contribution is 5.89. The zero-order valence-electron chi connectivity index (χ0n) is 15.9. The van der Waals surface area contributed by atoms with E-state index >= 15 is 0 Å². The van der Waals surface area contributed by atoms with Crippen LogP contribution >= 0.6 is 0 Å². The van der Waals surface area contributed by atoms with Gasteiger partial charge in [0.1, 0.15) is 12.2 Å². The van der Waals surface area contributed by atoms with Gasteiger partial charge in [0.05, 0.1) is 0 Å². The van der Waals surface area contributed by atoms with E-state index < -0.39 is 0 Å². The van der Waals surface area contributed by atoms with Gasteiger partial charge in [-0.3, -0.25) is 14.9 Å². The molecule has 2 aromatic heterocycles. The van der Waals surface area contributed by atoms with Crippen LogP contribution in [0.15, 0.2) is 48.9 Å². The molecule has 0 spiro atoms. The molecular formula is C22H27N3O. The zero-order valence-corrected chi connectivity index (χ0v) is 15.9. The van der Waals surface area contributed by atoms with Gasteiger partial charge in [0.15, 0.2) is 5.75 Å². The summed E-state index contributed by atoms with van der Waals surface area (Å²) < 4.78 is 6.06. The number of rotatable bonds is 3. The van der Waals surface area contributed by atoms with Gasteiger partial charge in [-0.2, -0.15) is 0 Å². The SMILES string of the molecule is CCC.CCc1cc2c(c3ncccc13)OCN(Cc1cccnc1)C2. The molecule has 0 saturated heterocycles. The standard InChI is InChI=1S/C19H19N3O.C3H8/c1-2-15-9-16-12-22(11-14-5-3-7-20-10-14)13-23-19(16)18-17(15)6-4-8-21-18;1-3-2/h3-10H,2,11-13H2,1H3;3H2,1-2H3. The maximum absolute atomic E-state index is 6.06. The van der Waals surface area contributed by atoms with Crippen LogP contribution < -0.4 is 4.74 Å². The third-order valence-electron chi connectivity index (χ3n) is 4.30. The molecule has 26 heavy (non-hydrogen) atoms. The Morgan fingerprint density at radius 2 is 1.92 bits per heavy atom. The molecule has 3 aromatic rings. The van der Waals surface area contributed by atoms with Crippen LogP contribution in [0.4, 0.5) is 0 Å². The first-order chi connectivity index (χ1) is 12.8. The van der Waals surface area contributed by atoms with Crippen LogP contribution in [0, 0.1) is 0 Å². The molecule has 0 amide bonds. The highest BCUT2D eigenvalue weighted by atomic mass is 16.5. The highest BCUT2D eigenvalue weighted by Crippen LogP contribution is 2.35. The van der Waals surface area contributed by atoms with Gasteiger partial charge in [0.25, 0.3) is 0 Å². The second kappa shape index (κ2) is 8.77. The van der Waals surface area contributed by atoms with E-state index in [1.165, 1.54) is 28.5 Å². The maximum atomic E-state index is 6.06. The van der Waals surface area contributed by atoms with Gasteiger partial charge < -0.3 is 4.74 Å². The largest absolute Gasteiger partial charge is 0.475 e. The number of ether oxygens (including phenoxy) is 1. The molecule has 4 heteroatoms. The van der Waals surface area contributed by atoms with Crippen molar-refractivity contribution in [2.24, 2.45) is 0 Å². The summed E-state index contributed by atoms with van der Waals surface area (Å²) in [6.45, 7) is 8.74. The number of aryl methyl sites for hydroxylation is 1. The van der Waals surface area contributed by atoms with Gasteiger partial charge in [-0.15, -0.1) is 0 Å². The lowest BCUT2D eigenvalue weighted by Gasteiger charge is -2.30. The minimum absolute atomic E-state index is 0.582. The Bertz CT molecular complexity index is 849. The molecule has 0 bridgehead atoms. The third-order valence-corrected chi connectivity index (χ3v) is 4.30. The Morgan fingerprint density at radius 3 is 2.65 bits per heavy atom. The monoisotopic (exact) mass is 349 g/mol. The highest BCUT2D eigenvalue weighted by Gasteiger charge is 2.21. The fourth-order valence-corrected chi connectivity index (χ4v) is 3.22. The fourth-order valence-electron chi connectivity index (χ4n) is 3.22. The Morgan fingerprint density at radius 1 is 1.12 bits per heavy atom. The molecule has 0 aliphatic carbocycles. The van der Waals surface area contributed by atoms with Crippen molar-refractivity contribution in [2.75, 3.05) is 6.73 Å². The summed E-state index contributed by atoms with van der Waals surface area (Å²) >= 11 is 0. The van der Waals surface area contributed by atoms with Crippen LogP contribution in [-0.4, -0.2) is 21.6 Å². The molecule has 4 rings (SSSR count). The summed E-state index contributed by atoms with van der Waals surface area (Å²) in [5.74, 6) is 0.945. The van der Waals surface area contributed by atoms with Gasteiger partial charge in [0, 0.05) is 42.6 Å². The van der Waals surface area contributed by atoms with Gasteiger partial charge in [0.2, 0.25) is 0 Å². The van der Waals surface area contributed by atoms with E-state index in [0.717, 1.165) is 30.8 Å². The zero-order chi connectivity index (χ0) is 18.4. The molecule has 136 valence electrons. The smallest absolute Gasteiger partial charge is 0.152 e. The van der Waals surface area contributed by atoms with Crippen LogP contribution in [-0.2, 0) is 19.5 Å². The normalized spacial score (nSPS) is 13.5. The van der Waals surface area contributed by atoms with E-state index in [1.54, 1.807) is 6.20 Å². The molecule has 0 radical (unpaired) electrons. The molecule has 0 unspecified atom stereocenters. The second-order valence-corrected chi connectivity index (χ2v) is 6.61. The molecule has 0 atom stereocenters. The van der Waals surface area contributed by atoms with Gasteiger partial charge in [-0.1, -0.05) is 45.4 Å². The van der Waals surface area contributed by atoms with Crippen molar-refractivity contribution >= 4 is 10.9 Å². The molecule has 4 nitrogen and oxygen atoms in total. The predicted molar refractivity (Wildman–Crippen MR) is 106 cm³/mol. The Labute approximate surface area is 155 Å². The minimum atomic E-state index is 0.582. The van der Waals surface area contributed by atoms with Gasteiger partial charge in [-0.25, -0.2) is 0 Å². The molecule has 1 aliphatic heterocycles. The quantitative estimate of drug-likeness (QED) is 0.670. The van der Waals surface area contributed by atoms with Crippen LogP contribution in [0.1, 0.15) is 43.9 Å². The lowest BCUT2D eigenvalue weighted by Crippen LogP contribution is -2.31. The molecule has 1 aromatic carbocycles. The van der Waals surface area contributed by atoms with Gasteiger partial charge in [-0.05, 0) is 29.7 Å². The number of benzene rings is 1. The van der Waals surface area contributed by atoms with Crippen molar-refractivity contribution in [1.29, 1.82) is 0 Å². The van der Waals surface area contributed by atoms with Crippen LogP contribution in [0.25, 0.3) is 10.9 Å². The number of hydrogen-bond donors (Lipinski definition) is 0. The van der Waals surface area contributed by atoms with E-state index in [-0.39, 0.29) is 0 Å². The number of aromatic nitrogens is 2. The minimum Gasteiger partial charge on any atom is -0.475 e. The molecule has 3 heterocycles. The van der Waals surface area contributed by atoms with E-state index in [9.17, 15) is 0 Å². The third kappa shape index (κ3) is 4.02. The predicted octanol–water partition coefficient (Wildman–Crippen LogP) is 4.96. The van der Waals surface area contributed by atoms with E-state index in [4.69, 9.17) is 4.74 Å². The molecular weight excluding hydrogens is 322 g/mol. The first kappa shape index (κ1) is 18.3. The summed E-state index contributed by atoms with van der Waals surface area (Å²) in [5, 5.41) is 1.20. The summed E-state index contributed by atoms with van der Waals surface area (Å²) in [4.78, 5) is 11.0. The number of hydrogen-bond acceptors (Lipinski definition) is 4. The fraction of sp³-hybridized carbons (Fsp3) is 0.364.